The number of hydrogen-bond donors (Lipinski definition) is 1. The van der Waals surface area contributed by atoms with Gasteiger partial charge in [0.05, 0.1) is 5.56 Å². The Morgan fingerprint density at radius 1 is 1.54 bits per heavy atom. The normalized spacial score (nSPS) is 11.5. The van der Waals surface area contributed by atoms with Crippen LogP contribution in [0.3, 0.4) is 0 Å². The van der Waals surface area contributed by atoms with E-state index in [1.165, 1.54) is 0 Å². The first-order valence-corrected chi connectivity index (χ1v) is 6.30. The van der Waals surface area contributed by atoms with Crippen molar-refractivity contribution in [2.24, 2.45) is 0 Å². The highest BCUT2D eigenvalue weighted by Crippen LogP contribution is 2.32. The number of thiophene rings is 1. The Bertz CT molecular complexity index is 447. The van der Waals surface area contributed by atoms with E-state index in [9.17, 15) is 13.2 Å². The van der Waals surface area contributed by atoms with Crippen molar-refractivity contribution in [1.82, 2.24) is 0 Å². The molecule has 1 N–H and O–H groups in total. The van der Waals surface area contributed by atoms with Gasteiger partial charge in [-0.05, 0) is 6.07 Å². The summed E-state index contributed by atoms with van der Waals surface area (Å²) < 4.78 is 21.1. The summed E-state index contributed by atoms with van der Waals surface area (Å²) in [5.41, 5.74) is -0.258. The van der Waals surface area contributed by atoms with Crippen molar-refractivity contribution in [3.8, 4) is 0 Å². The van der Waals surface area contributed by atoms with E-state index in [1.807, 2.05) is 0 Å². The van der Waals surface area contributed by atoms with Crippen molar-refractivity contribution in [2.75, 3.05) is 0 Å². The fraction of sp³-hybridized carbons (Fsp3) is 0. The smallest absolute Gasteiger partial charge is 0.338 e. The lowest BCUT2D eigenvalue weighted by atomic mass is 10.4. The number of aromatic carboxylic acids is 1. The Hall–Kier alpha value is -0.300. The molecule has 0 spiro atoms. The summed E-state index contributed by atoms with van der Waals surface area (Å²) in [6.07, 6.45) is 0. The van der Waals surface area contributed by atoms with Crippen LogP contribution in [0, 0.1) is 0 Å². The first-order valence-electron chi connectivity index (χ1n) is 2.79. The summed E-state index contributed by atoms with van der Waals surface area (Å²) in [5.74, 6) is -1.28. The van der Waals surface area contributed by atoms with Crippen LogP contribution >= 0.6 is 33.6 Å². The van der Waals surface area contributed by atoms with E-state index in [4.69, 9.17) is 27.4 Å². The average Bonchev–Trinajstić information content (AvgIpc) is 2.29. The maximum atomic E-state index is 10.7. The molecule has 0 aliphatic rings. The Morgan fingerprint density at radius 3 is 2.31 bits per heavy atom. The fourth-order valence-corrected chi connectivity index (χ4v) is 3.07. The van der Waals surface area contributed by atoms with Crippen LogP contribution in [0.1, 0.15) is 10.4 Å². The molecule has 0 amide bonds. The first-order chi connectivity index (χ1) is 5.82. The van der Waals surface area contributed by atoms with E-state index < -0.39 is 15.0 Å². The van der Waals surface area contributed by atoms with Gasteiger partial charge in [-0.15, -0.1) is 11.3 Å². The standard InChI is InChI=1S/C5H2Cl2O4S2/c6-4-2(5(8)9)1-3(12-4)13(7,10)11/h1H,(H,8,9). The molecule has 8 heteroatoms. The van der Waals surface area contributed by atoms with Gasteiger partial charge >= 0.3 is 5.97 Å². The molecule has 0 unspecified atom stereocenters. The van der Waals surface area contributed by atoms with Gasteiger partial charge in [-0.2, -0.15) is 0 Å². The lowest BCUT2D eigenvalue weighted by molar-refractivity contribution is 0.0697. The van der Waals surface area contributed by atoms with Crippen LogP contribution in [-0.4, -0.2) is 19.5 Å². The fourth-order valence-electron chi connectivity index (χ4n) is 0.613. The number of carboxylic acids is 1. The van der Waals surface area contributed by atoms with Crippen LogP contribution in [0.2, 0.25) is 4.34 Å². The number of carboxylic acid groups (broad SMARTS) is 1. The predicted octanol–water partition coefficient (Wildman–Crippen LogP) is 2.03. The predicted molar refractivity (Wildman–Crippen MR) is 49.3 cm³/mol. The highest BCUT2D eigenvalue weighted by molar-refractivity contribution is 8.15. The minimum absolute atomic E-state index is 0.105. The van der Waals surface area contributed by atoms with E-state index in [-0.39, 0.29) is 14.1 Å². The Morgan fingerprint density at radius 2 is 2.08 bits per heavy atom. The molecule has 72 valence electrons. The van der Waals surface area contributed by atoms with Gasteiger partial charge in [0.1, 0.15) is 8.55 Å². The number of rotatable bonds is 2. The number of halogens is 2. The van der Waals surface area contributed by atoms with Crippen molar-refractivity contribution in [3.63, 3.8) is 0 Å². The van der Waals surface area contributed by atoms with Gasteiger partial charge in [0, 0.05) is 10.7 Å². The van der Waals surface area contributed by atoms with Crippen LogP contribution < -0.4 is 0 Å². The Kier molecular flexibility index (Phi) is 2.86. The summed E-state index contributed by atoms with van der Waals surface area (Å²) in [7, 11) is 1.08. The third-order valence-corrected chi connectivity index (χ3v) is 4.57. The highest BCUT2D eigenvalue weighted by Gasteiger charge is 2.20. The van der Waals surface area contributed by atoms with Gasteiger partial charge in [-0.1, -0.05) is 11.6 Å². The molecule has 0 atom stereocenters. The molecule has 1 aromatic rings. The zero-order valence-electron chi connectivity index (χ0n) is 5.82. The molecule has 0 aliphatic heterocycles. The second-order valence-electron chi connectivity index (χ2n) is 2.00. The van der Waals surface area contributed by atoms with Crippen LogP contribution in [0.4, 0.5) is 0 Å². The summed E-state index contributed by atoms with van der Waals surface area (Å²) >= 11 is 6.07. The summed E-state index contributed by atoms with van der Waals surface area (Å²) in [5, 5.41) is 8.53. The molecule has 1 heterocycles. The molecule has 1 rings (SSSR count). The minimum atomic E-state index is -3.90. The van der Waals surface area contributed by atoms with Crippen LogP contribution in [0.25, 0.3) is 0 Å². The molecular weight excluding hydrogens is 259 g/mol. The van der Waals surface area contributed by atoms with Crippen LogP contribution in [0.15, 0.2) is 10.3 Å². The average molecular weight is 261 g/mol. The zero-order valence-corrected chi connectivity index (χ0v) is 8.97. The molecular formula is C5H2Cl2O4S2. The molecule has 0 bridgehead atoms. The molecule has 4 nitrogen and oxygen atoms in total. The molecule has 0 radical (unpaired) electrons. The summed E-state index contributed by atoms with van der Waals surface area (Å²) in [6, 6.07) is 0.928. The molecule has 0 saturated carbocycles. The first kappa shape index (κ1) is 10.8. The minimum Gasteiger partial charge on any atom is -0.478 e. The molecule has 0 saturated heterocycles. The number of carbonyl (C=O) groups is 1. The molecule has 0 aliphatic carbocycles. The van der Waals surface area contributed by atoms with E-state index in [1.54, 1.807) is 0 Å². The maximum absolute atomic E-state index is 10.7. The van der Waals surface area contributed by atoms with Crippen LogP contribution in [-0.2, 0) is 9.05 Å². The van der Waals surface area contributed by atoms with Gasteiger partial charge in [0.2, 0.25) is 0 Å². The lowest BCUT2D eigenvalue weighted by Gasteiger charge is -1.85. The lowest BCUT2D eigenvalue weighted by Crippen LogP contribution is -1.93. The van der Waals surface area contributed by atoms with Crippen LogP contribution in [0.5, 0.6) is 0 Å². The summed E-state index contributed by atoms with van der Waals surface area (Å²) in [6.45, 7) is 0. The van der Waals surface area contributed by atoms with Crippen molar-refractivity contribution < 1.29 is 18.3 Å². The second kappa shape index (κ2) is 3.45. The van der Waals surface area contributed by atoms with Crippen molar-refractivity contribution >= 4 is 48.6 Å². The van der Waals surface area contributed by atoms with Crippen molar-refractivity contribution in [2.45, 2.75) is 4.21 Å². The van der Waals surface area contributed by atoms with E-state index in [0.717, 1.165) is 6.07 Å². The molecule has 1 aromatic heterocycles. The van der Waals surface area contributed by atoms with Gasteiger partial charge in [0.25, 0.3) is 9.05 Å². The third-order valence-electron chi connectivity index (χ3n) is 1.13. The largest absolute Gasteiger partial charge is 0.478 e. The maximum Gasteiger partial charge on any atom is 0.338 e. The van der Waals surface area contributed by atoms with E-state index >= 15 is 0 Å². The van der Waals surface area contributed by atoms with Gasteiger partial charge in [0.15, 0.2) is 0 Å². The third kappa shape index (κ3) is 2.34. The van der Waals surface area contributed by atoms with E-state index in [0.29, 0.717) is 11.3 Å². The highest BCUT2D eigenvalue weighted by atomic mass is 35.7. The van der Waals surface area contributed by atoms with E-state index in [2.05, 4.69) is 0 Å². The zero-order chi connectivity index (χ0) is 10.2. The van der Waals surface area contributed by atoms with Gasteiger partial charge in [-0.25, -0.2) is 13.2 Å². The summed E-state index contributed by atoms with van der Waals surface area (Å²) in [4.78, 5) is 10.4. The number of hydrogen-bond acceptors (Lipinski definition) is 4. The molecule has 0 aromatic carbocycles. The van der Waals surface area contributed by atoms with Crippen molar-refractivity contribution in [1.29, 1.82) is 0 Å². The second-order valence-corrected chi connectivity index (χ2v) is 6.44. The molecule has 0 fully saturated rings. The van der Waals surface area contributed by atoms with Crippen molar-refractivity contribution in [3.05, 3.63) is 16.0 Å². The molecule has 13 heavy (non-hydrogen) atoms. The monoisotopic (exact) mass is 260 g/mol. The van der Waals surface area contributed by atoms with Gasteiger partial charge in [-0.3, -0.25) is 0 Å². The Labute approximate surface area is 87.1 Å². The SMILES string of the molecule is O=C(O)c1cc(S(=O)(=O)Cl)sc1Cl. The van der Waals surface area contributed by atoms with Gasteiger partial charge < -0.3 is 5.11 Å². The quantitative estimate of drug-likeness (QED) is 0.827. The topological polar surface area (TPSA) is 71.4 Å². The Balaban J connectivity index is 3.33.